The minimum absolute atomic E-state index is 0.0162. The van der Waals surface area contributed by atoms with Gasteiger partial charge in [0.2, 0.25) is 0 Å². The molecule has 0 bridgehead atoms. The third-order valence-corrected chi connectivity index (χ3v) is 2.79. The number of methoxy groups -OCH3 is 1. The van der Waals surface area contributed by atoms with Gasteiger partial charge in [0.25, 0.3) is 0 Å². The highest BCUT2D eigenvalue weighted by Crippen LogP contribution is 2.21. The third-order valence-electron chi connectivity index (χ3n) is 2.79. The standard InChI is InChI=1S/C14H22FNO2/c1-4-18-9-5-8-16-11(2)13-7-6-12(17-3)10-14(13)15/h6-7,10-11,16H,4-5,8-9H2,1-3H3. The zero-order valence-corrected chi connectivity index (χ0v) is 11.3. The molecule has 0 radical (unpaired) electrons. The molecule has 1 aromatic carbocycles. The average Bonchev–Trinajstić information content (AvgIpc) is 2.38. The summed E-state index contributed by atoms with van der Waals surface area (Å²) in [5.74, 6) is 0.305. The number of benzene rings is 1. The van der Waals surface area contributed by atoms with E-state index < -0.39 is 0 Å². The first-order valence-electron chi connectivity index (χ1n) is 6.33. The number of rotatable bonds is 8. The maximum Gasteiger partial charge on any atom is 0.131 e. The Morgan fingerprint density at radius 2 is 2.17 bits per heavy atom. The van der Waals surface area contributed by atoms with Gasteiger partial charge < -0.3 is 14.8 Å². The van der Waals surface area contributed by atoms with Crippen molar-refractivity contribution in [2.24, 2.45) is 0 Å². The first-order valence-corrected chi connectivity index (χ1v) is 6.33. The maximum absolute atomic E-state index is 13.8. The fourth-order valence-electron chi connectivity index (χ4n) is 1.73. The Hall–Kier alpha value is -1.13. The first-order chi connectivity index (χ1) is 8.69. The number of nitrogens with one attached hydrogen (secondary N) is 1. The first kappa shape index (κ1) is 14.9. The van der Waals surface area contributed by atoms with Gasteiger partial charge in [-0.05, 0) is 32.9 Å². The number of halogens is 1. The number of hydrogen-bond acceptors (Lipinski definition) is 3. The van der Waals surface area contributed by atoms with E-state index in [-0.39, 0.29) is 11.9 Å². The molecule has 1 aromatic rings. The van der Waals surface area contributed by atoms with E-state index in [1.165, 1.54) is 13.2 Å². The molecule has 0 aromatic heterocycles. The summed E-state index contributed by atoms with van der Waals surface area (Å²) in [7, 11) is 1.53. The summed E-state index contributed by atoms with van der Waals surface area (Å²) in [4.78, 5) is 0. The van der Waals surface area contributed by atoms with Gasteiger partial charge in [0, 0.05) is 30.9 Å². The van der Waals surface area contributed by atoms with Crippen LogP contribution in [0.25, 0.3) is 0 Å². The predicted octanol–water partition coefficient (Wildman–Crippen LogP) is 2.91. The maximum atomic E-state index is 13.8. The highest BCUT2D eigenvalue weighted by Gasteiger charge is 2.10. The minimum atomic E-state index is -0.237. The Labute approximate surface area is 108 Å². The molecule has 0 saturated heterocycles. The van der Waals surface area contributed by atoms with Crippen molar-refractivity contribution in [1.82, 2.24) is 5.32 Å². The molecule has 1 atom stereocenters. The second-order valence-electron chi connectivity index (χ2n) is 4.11. The summed E-state index contributed by atoms with van der Waals surface area (Å²) in [6.07, 6.45) is 0.927. The Balaban J connectivity index is 2.43. The Morgan fingerprint density at radius 3 is 2.78 bits per heavy atom. The van der Waals surface area contributed by atoms with Crippen LogP contribution in [0.5, 0.6) is 5.75 Å². The van der Waals surface area contributed by atoms with E-state index in [9.17, 15) is 4.39 Å². The van der Waals surface area contributed by atoms with Crippen molar-refractivity contribution < 1.29 is 13.9 Å². The lowest BCUT2D eigenvalue weighted by Crippen LogP contribution is -2.21. The summed E-state index contributed by atoms with van der Waals surface area (Å²) in [5, 5.41) is 3.28. The molecule has 1 rings (SSSR count). The summed E-state index contributed by atoms with van der Waals surface area (Å²) in [6, 6.07) is 4.93. The predicted molar refractivity (Wildman–Crippen MR) is 70.5 cm³/mol. The molecule has 102 valence electrons. The van der Waals surface area contributed by atoms with Crippen LogP contribution in [-0.2, 0) is 4.74 Å². The van der Waals surface area contributed by atoms with E-state index in [2.05, 4.69) is 5.32 Å². The van der Waals surface area contributed by atoms with Crippen molar-refractivity contribution in [3.8, 4) is 5.75 Å². The van der Waals surface area contributed by atoms with Crippen molar-refractivity contribution in [3.05, 3.63) is 29.6 Å². The zero-order chi connectivity index (χ0) is 13.4. The van der Waals surface area contributed by atoms with Crippen LogP contribution in [0.2, 0.25) is 0 Å². The monoisotopic (exact) mass is 255 g/mol. The molecule has 0 aliphatic rings. The Kier molecular flexibility index (Phi) is 6.68. The van der Waals surface area contributed by atoms with E-state index >= 15 is 0 Å². The molecule has 1 N–H and O–H groups in total. The lowest BCUT2D eigenvalue weighted by molar-refractivity contribution is 0.144. The van der Waals surface area contributed by atoms with Crippen LogP contribution in [0.1, 0.15) is 31.9 Å². The molecule has 0 fully saturated rings. The second kappa shape index (κ2) is 8.06. The van der Waals surface area contributed by atoms with Gasteiger partial charge in [-0.1, -0.05) is 6.07 Å². The molecule has 0 amide bonds. The van der Waals surface area contributed by atoms with Crippen molar-refractivity contribution in [2.75, 3.05) is 26.9 Å². The summed E-state index contributed by atoms with van der Waals surface area (Å²) in [6.45, 7) is 6.21. The van der Waals surface area contributed by atoms with Gasteiger partial charge in [-0.25, -0.2) is 4.39 Å². The van der Waals surface area contributed by atoms with Crippen LogP contribution in [0.4, 0.5) is 4.39 Å². The number of ether oxygens (including phenoxy) is 2. The van der Waals surface area contributed by atoms with E-state index in [1.807, 2.05) is 13.8 Å². The van der Waals surface area contributed by atoms with Crippen LogP contribution in [0.15, 0.2) is 18.2 Å². The fraction of sp³-hybridized carbons (Fsp3) is 0.571. The molecule has 0 aliphatic carbocycles. The van der Waals surface area contributed by atoms with Crippen molar-refractivity contribution >= 4 is 0 Å². The van der Waals surface area contributed by atoms with Crippen LogP contribution in [-0.4, -0.2) is 26.9 Å². The lowest BCUT2D eigenvalue weighted by atomic mass is 10.1. The molecule has 0 heterocycles. The molecule has 1 unspecified atom stereocenters. The molecular formula is C14H22FNO2. The van der Waals surface area contributed by atoms with Crippen LogP contribution in [0.3, 0.4) is 0 Å². The smallest absolute Gasteiger partial charge is 0.131 e. The number of hydrogen-bond donors (Lipinski definition) is 1. The second-order valence-corrected chi connectivity index (χ2v) is 4.11. The SMILES string of the molecule is CCOCCCNC(C)c1ccc(OC)cc1F. The molecule has 0 spiro atoms. The van der Waals surface area contributed by atoms with Gasteiger partial charge in [0.15, 0.2) is 0 Å². The lowest BCUT2D eigenvalue weighted by Gasteiger charge is -2.15. The molecule has 3 nitrogen and oxygen atoms in total. The van der Waals surface area contributed by atoms with Crippen LogP contribution >= 0.6 is 0 Å². The molecule has 0 aliphatic heterocycles. The van der Waals surface area contributed by atoms with Gasteiger partial charge in [-0.3, -0.25) is 0 Å². The summed E-state index contributed by atoms with van der Waals surface area (Å²) < 4.78 is 24.0. The molecular weight excluding hydrogens is 233 g/mol. The average molecular weight is 255 g/mol. The van der Waals surface area contributed by atoms with Crippen molar-refractivity contribution in [3.63, 3.8) is 0 Å². The van der Waals surface area contributed by atoms with Crippen molar-refractivity contribution in [2.45, 2.75) is 26.3 Å². The van der Waals surface area contributed by atoms with E-state index in [4.69, 9.17) is 9.47 Å². The molecule has 18 heavy (non-hydrogen) atoms. The largest absolute Gasteiger partial charge is 0.497 e. The van der Waals surface area contributed by atoms with Gasteiger partial charge >= 0.3 is 0 Å². The summed E-state index contributed by atoms with van der Waals surface area (Å²) >= 11 is 0. The van der Waals surface area contributed by atoms with Gasteiger partial charge in [-0.2, -0.15) is 0 Å². The van der Waals surface area contributed by atoms with Crippen LogP contribution in [0, 0.1) is 5.82 Å². The van der Waals surface area contributed by atoms with Crippen LogP contribution < -0.4 is 10.1 Å². The van der Waals surface area contributed by atoms with E-state index in [0.717, 1.165) is 26.2 Å². The zero-order valence-electron chi connectivity index (χ0n) is 11.3. The molecule has 4 heteroatoms. The van der Waals surface area contributed by atoms with Gasteiger partial charge in [-0.15, -0.1) is 0 Å². The highest BCUT2D eigenvalue weighted by molar-refractivity contribution is 5.30. The third kappa shape index (κ3) is 4.63. The topological polar surface area (TPSA) is 30.5 Å². The van der Waals surface area contributed by atoms with E-state index in [1.54, 1.807) is 12.1 Å². The Bertz CT molecular complexity index is 358. The van der Waals surface area contributed by atoms with Gasteiger partial charge in [0.1, 0.15) is 11.6 Å². The fourth-order valence-corrected chi connectivity index (χ4v) is 1.73. The van der Waals surface area contributed by atoms with Crippen molar-refractivity contribution in [1.29, 1.82) is 0 Å². The quantitative estimate of drug-likeness (QED) is 0.724. The normalized spacial score (nSPS) is 12.4. The highest BCUT2D eigenvalue weighted by atomic mass is 19.1. The Morgan fingerprint density at radius 1 is 1.39 bits per heavy atom. The van der Waals surface area contributed by atoms with E-state index in [0.29, 0.717) is 11.3 Å². The van der Waals surface area contributed by atoms with Gasteiger partial charge in [0.05, 0.1) is 7.11 Å². The minimum Gasteiger partial charge on any atom is -0.497 e. The summed E-state index contributed by atoms with van der Waals surface area (Å²) in [5.41, 5.74) is 0.659. The molecule has 0 saturated carbocycles.